The van der Waals surface area contributed by atoms with Gasteiger partial charge in [-0.3, -0.25) is 0 Å². The lowest BCUT2D eigenvalue weighted by molar-refractivity contribution is -0.0504. The third-order valence-electron chi connectivity index (χ3n) is 3.25. The number of rotatable bonds is 8. The third kappa shape index (κ3) is 6.22. The van der Waals surface area contributed by atoms with Crippen LogP contribution < -0.4 is 20.1 Å². The van der Waals surface area contributed by atoms with Crippen LogP contribution in [0.2, 0.25) is 0 Å². The molecule has 0 amide bonds. The number of thiophene rings is 1. The largest absolute Gasteiger partial charge is 0.497 e. The van der Waals surface area contributed by atoms with Crippen molar-refractivity contribution in [3.8, 4) is 11.5 Å². The highest BCUT2D eigenvalue weighted by Gasteiger charge is 2.11. The Kier molecular flexibility index (Phi) is 7.46. The summed E-state index contributed by atoms with van der Waals surface area (Å²) in [5.41, 5.74) is 0.521. The molecule has 2 N–H and O–H groups in total. The van der Waals surface area contributed by atoms with E-state index in [1.807, 2.05) is 24.4 Å². The first-order valence-corrected chi connectivity index (χ1v) is 8.66. The number of alkyl halides is 2. The van der Waals surface area contributed by atoms with E-state index in [0.717, 1.165) is 0 Å². The van der Waals surface area contributed by atoms with Crippen LogP contribution in [0.25, 0.3) is 0 Å². The lowest BCUT2D eigenvalue weighted by atomic mass is 10.2. The molecule has 0 unspecified atom stereocenters. The molecule has 8 heteroatoms. The maximum absolute atomic E-state index is 12.6. The van der Waals surface area contributed by atoms with Gasteiger partial charge in [0.1, 0.15) is 11.5 Å². The van der Waals surface area contributed by atoms with Gasteiger partial charge in [0.05, 0.1) is 20.2 Å². The summed E-state index contributed by atoms with van der Waals surface area (Å²) in [5, 5.41) is 8.34. The standard InChI is InChI=1S/C17H21F2N3O2S/c1-3-20-17(22-11-14-5-4-8-25-14)21-10-12-9-13(23-2)6-7-15(12)24-16(18)19/h4-9,16H,3,10-11H2,1-2H3,(H2,20,21,22). The van der Waals surface area contributed by atoms with Crippen LogP contribution in [0.5, 0.6) is 11.5 Å². The van der Waals surface area contributed by atoms with Gasteiger partial charge in [-0.05, 0) is 36.6 Å². The van der Waals surface area contributed by atoms with Crippen molar-refractivity contribution in [3.63, 3.8) is 0 Å². The van der Waals surface area contributed by atoms with E-state index in [2.05, 4.69) is 20.4 Å². The van der Waals surface area contributed by atoms with Crippen molar-refractivity contribution in [2.75, 3.05) is 13.7 Å². The van der Waals surface area contributed by atoms with Gasteiger partial charge in [-0.25, -0.2) is 4.99 Å². The van der Waals surface area contributed by atoms with Gasteiger partial charge in [0.15, 0.2) is 5.96 Å². The van der Waals surface area contributed by atoms with Gasteiger partial charge in [0, 0.05) is 17.0 Å². The van der Waals surface area contributed by atoms with Crippen LogP contribution in [0.4, 0.5) is 8.78 Å². The van der Waals surface area contributed by atoms with Crippen LogP contribution in [0.3, 0.4) is 0 Å². The molecule has 0 spiro atoms. The summed E-state index contributed by atoms with van der Waals surface area (Å²) in [7, 11) is 1.52. The van der Waals surface area contributed by atoms with Crippen molar-refractivity contribution in [2.24, 2.45) is 4.99 Å². The fraction of sp³-hybridized carbons (Fsp3) is 0.353. The summed E-state index contributed by atoms with van der Waals surface area (Å²) in [4.78, 5) is 5.62. The molecular formula is C17H21F2N3O2S. The second-order valence-electron chi connectivity index (χ2n) is 4.98. The first-order valence-electron chi connectivity index (χ1n) is 7.78. The molecule has 0 aliphatic carbocycles. The summed E-state index contributed by atoms with van der Waals surface area (Å²) in [6.45, 7) is 0.580. The fourth-order valence-electron chi connectivity index (χ4n) is 2.11. The van der Waals surface area contributed by atoms with Gasteiger partial charge in [-0.1, -0.05) is 6.07 Å². The summed E-state index contributed by atoms with van der Waals surface area (Å²) in [5.74, 6) is 1.25. The van der Waals surface area contributed by atoms with Crippen LogP contribution >= 0.6 is 11.3 Å². The highest BCUT2D eigenvalue weighted by atomic mass is 32.1. The number of aliphatic imine (C=N–C) groups is 1. The molecule has 0 saturated carbocycles. The van der Waals surface area contributed by atoms with E-state index in [1.54, 1.807) is 23.5 Å². The zero-order valence-electron chi connectivity index (χ0n) is 14.1. The molecule has 1 heterocycles. The Bertz CT molecular complexity index is 679. The average molecular weight is 369 g/mol. The van der Waals surface area contributed by atoms with Gasteiger partial charge in [-0.2, -0.15) is 8.78 Å². The summed E-state index contributed by atoms with van der Waals surface area (Å²) >= 11 is 1.65. The normalized spacial score (nSPS) is 11.5. The molecular weight excluding hydrogens is 348 g/mol. The molecule has 5 nitrogen and oxygen atoms in total. The zero-order chi connectivity index (χ0) is 18.1. The van der Waals surface area contributed by atoms with Crippen molar-refractivity contribution < 1.29 is 18.3 Å². The Balaban J connectivity index is 2.11. The average Bonchev–Trinajstić information content (AvgIpc) is 3.11. The summed E-state index contributed by atoms with van der Waals surface area (Å²) in [6, 6.07) is 8.69. The monoisotopic (exact) mass is 369 g/mol. The highest BCUT2D eigenvalue weighted by molar-refractivity contribution is 7.09. The van der Waals surface area contributed by atoms with Crippen molar-refractivity contribution in [1.82, 2.24) is 10.6 Å². The smallest absolute Gasteiger partial charge is 0.387 e. The number of ether oxygens (including phenoxy) is 2. The summed E-state index contributed by atoms with van der Waals surface area (Å²) < 4.78 is 34.8. The van der Waals surface area contributed by atoms with E-state index in [-0.39, 0.29) is 12.3 Å². The van der Waals surface area contributed by atoms with Crippen molar-refractivity contribution in [2.45, 2.75) is 26.6 Å². The van der Waals surface area contributed by atoms with Crippen LogP contribution in [0.15, 0.2) is 40.7 Å². The molecule has 0 aliphatic rings. The maximum atomic E-state index is 12.6. The number of halogens is 2. The molecule has 25 heavy (non-hydrogen) atoms. The number of methoxy groups -OCH3 is 1. The van der Waals surface area contributed by atoms with Crippen molar-refractivity contribution >= 4 is 17.3 Å². The van der Waals surface area contributed by atoms with Gasteiger partial charge in [0.25, 0.3) is 0 Å². The summed E-state index contributed by atoms with van der Waals surface area (Å²) in [6.07, 6.45) is 0. The molecule has 0 atom stereocenters. The van der Waals surface area contributed by atoms with E-state index in [4.69, 9.17) is 4.74 Å². The van der Waals surface area contributed by atoms with Crippen LogP contribution in [0.1, 0.15) is 17.4 Å². The zero-order valence-corrected chi connectivity index (χ0v) is 14.9. The lowest BCUT2D eigenvalue weighted by Crippen LogP contribution is -2.36. The van der Waals surface area contributed by atoms with Crippen LogP contribution in [-0.4, -0.2) is 26.2 Å². The molecule has 2 rings (SSSR count). The molecule has 0 radical (unpaired) electrons. The first kappa shape index (κ1) is 19.0. The molecule has 0 saturated heterocycles. The Morgan fingerprint density at radius 1 is 1.28 bits per heavy atom. The lowest BCUT2D eigenvalue weighted by Gasteiger charge is -2.13. The second kappa shape index (κ2) is 9.83. The van der Waals surface area contributed by atoms with Gasteiger partial charge in [-0.15, -0.1) is 11.3 Å². The van der Waals surface area contributed by atoms with Gasteiger partial charge >= 0.3 is 6.61 Å². The van der Waals surface area contributed by atoms with Crippen LogP contribution in [-0.2, 0) is 13.1 Å². The quantitative estimate of drug-likeness (QED) is 0.551. The second-order valence-corrected chi connectivity index (χ2v) is 6.01. The Morgan fingerprint density at radius 2 is 2.12 bits per heavy atom. The molecule has 1 aromatic heterocycles. The van der Waals surface area contributed by atoms with E-state index < -0.39 is 6.61 Å². The molecule has 1 aromatic carbocycles. The Morgan fingerprint density at radius 3 is 2.76 bits per heavy atom. The van der Waals surface area contributed by atoms with E-state index >= 15 is 0 Å². The molecule has 0 aliphatic heterocycles. The number of nitrogens with one attached hydrogen (secondary N) is 2. The minimum atomic E-state index is -2.89. The minimum Gasteiger partial charge on any atom is -0.497 e. The molecule has 0 fully saturated rings. The first-order chi connectivity index (χ1) is 12.1. The predicted octanol–water partition coefficient (Wildman–Crippen LogP) is 3.61. The molecule has 2 aromatic rings. The Labute approximate surface area is 149 Å². The van der Waals surface area contributed by atoms with Crippen molar-refractivity contribution in [3.05, 3.63) is 46.2 Å². The number of nitrogens with zero attached hydrogens (tertiary/aromatic N) is 1. The van der Waals surface area contributed by atoms with E-state index in [0.29, 0.717) is 30.4 Å². The van der Waals surface area contributed by atoms with Gasteiger partial charge < -0.3 is 20.1 Å². The fourth-order valence-corrected chi connectivity index (χ4v) is 2.75. The number of hydrogen-bond donors (Lipinski definition) is 2. The minimum absolute atomic E-state index is 0.0913. The number of benzene rings is 1. The molecule has 0 bridgehead atoms. The SMILES string of the molecule is CCNC(=NCc1cc(OC)ccc1OC(F)F)NCc1cccs1. The number of guanidine groups is 1. The number of hydrogen-bond acceptors (Lipinski definition) is 4. The van der Waals surface area contributed by atoms with Crippen LogP contribution in [0, 0.1) is 0 Å². The van der Waals surface area contributed by atoms with E-state index in [9.17, 15) is 8.78 Å². The predicted molar refractivity (Wildman–Crippen MR) is 95.6 cm³/mol. The highest BCUT2D eigenvalue weighted by Crippen LogP contribution is 2.26. The third-order valence-corrected chi connectivity index (χ3v) is 4.12. The maximum Gasteiger partial charge on any atom is 0.387 e. The molecule has 136 valence electrons. The Hall–Kier alpha value is -2.35. The van der Waals surface area contributed by atoms with Crippen molar-refractivity contribution in [1.29, 1.82) is 0 Å². The van der Waals surface area contributed by atoms with E-state index in [1.165, 1.54) is 18.1 Å². The topological polar surface area (TPSA) is 54.9 Å². The van der Waals surface area contributed by atoms with Gasteiger partial charge in [0.2, 0.25) is 0 Å².